The SMILES string of the molecule is Cc1cnc(N2CC3(CCOCC3)C2)c(C(=O)Nc2ccc(C(=O)N3CCc4cc(C(=O)Nc5c(F)cccc5C(F)(F)F)sc4-c4ccccc43)cc2)c1. The van der Waals surface area contributed by atoms with Gasteiger partial charge in [0.25, 0.3) is 17.7 Å². The standard InChI is InChI=1S/C41H35F4N5O4S/c1-24-19-29(36(46-21-24)49-22-40(23-49)14-17-54-18-15-40)37(51)47-27-11-9-25(10-12-27)39(53)50-16-13-26-20-33(55-35(26)28-5-2-3-8-32(28)50)38(52)48-34-30(41(43,44)45)6-4-7-31(34)42/h2-12,19-21H,13-18,22-23H2,1H3,(H,47,51)(H,48,52). The van der Waals surface area contributed by atoms with E-state index in [1.807, 2.05) is 19.1 Å². The van der Waals surface area contributed by atoms with Crippen molar-refractivity contribution in [1.29, 1.82) is 0 Å². The van der Waals surface area contributed by atoms with Crippen LogP contribution in [0.2, 0.25) is 0 Å². The number of anilines is 4. The van der Waals surface area contributed by atoms with Crippen LogP contribution in [0.5, 0.6) is 0 Å². The van der Waals surface area contributed by atoms with Crippen molar-refractivity contribution in [2.24, 2.45) is 5.41 Å². The molecule has 2 aromatic heterocycles. The Bertz CT molecular complexity index is 2310. The summed E-state index contributed by atoms with van der Waals surface area (Å²) in [6.45, 7) is 5.30. The molecule has 0 aliphatic carbocycles. The Morgan fingerprint density at radius 1 is 0.909 bits per heavy atom. The zero-order valence-corrected chi connectivity index (χ0v) is 30.5. The van der Waals surface area contributed by atoms with E-state index in [1.54, 1.807) is 59.6 Å². The molecule has 0 saturated carbocycles. The maximum absolute atomic E-state index is 14.5. The lowest BCUT2D eigenvalue weighted by atomic mass is 9.73. The lowest BCUT2D eigenvalue weighted by Gasteiger charge is -2.53. The minimum Gasteiger partial charge on any atom is -0.381 e. The number of amides is 3. The van der Waals surface area contributed by atoms with Crippen LogP contribution in [0.4, 0.5) is 40.4 Å². The van der Waals surface area contributed by atoms with Crippen molar-refractivity contribution in [3.8, 4) is 10.4 Å². The first-order valence-corrected chi connectivity index (χ1v) is 18.6. The quantitative estimate of drug-likeness (QED) is 0.168. The van der Waals surface area contributed by atoms with E-state index >= 15 is 0 Å². The fraction of sp³-hybridized carbons (Fsp3) is 0.268. The predicted molar refractivity (Wildman–Crippen MR) is 203 cm³/mol. The Labute approximate surface area is 317 Å². The van der Waals surface area contributed by atoms with Gasteiger partial charge in [-0.3, -0.25) is 14.4 Å². The number of thiophene rings is 1. The molecule has 3 amide bonds. The Balaban J connectivity index is 0.979. The van der Waals surface area contributed by atoms with Gasteiger partial charge in [0.2, 0.25) is 0 Å². The Morgan fingerprint density at radius 2 is 1.65 bits per heavy atom. The molecule has 3 aromatic carbocycles. The van der Waals surface area contributed by atoms with Crippen molar-refractivity contribution in [1.82, 2.24) is 4.98 Å². The number of ether oxygens (including phenoxy) is 1. The van der Waals surface area contributed by atoms with Gasteiger partial charge in [-0.15, -0.1) is 11.3 Å². The summed E-state index contributed by atoms with van der Waals surface area (Å²) < 4.78 is 60.8. The summed E-state index contributed by atoms with van der Waals surface area (Å²) >= 11 is 1.06. The van der Waals surface area contributed by atoms with Gasteiger partial charge in [0.15, 0.2) is 0 Å². The van der Waals surface area contributed by atoms with Gasteiger partial charge in [-0.25, -0.2) is 9.37 Å². The normalized spacial score (nSPS) is 16.1. The first-order chi connectivity index (χ1) is 26.4. The van der Waals surface area contributed by atoms with E-state index in [4.69, 9.17) is 4.74 Å². The largest absolute Gasteiger partial charge is 0.418 e. The van der Waals surface area contributed by atoms with Crippen molar-refractivity contribution in [3.05, 3.63) is 124 Å². The van der Waals surface area contributed by atoms with Gasteiger partial charge in [-0.2, -0.15) is 13.2 Å². The summed E-state index contributed by atoms with van der Waals surface area (Å²) in [6.07, 6.45) is -0.765. The number of aryl methyl sites for hydroxylation is 1. The number of hydrogen-bond acceptors (Lipinski definition) is 7. The third kappa shape index (κ3) is 7.07. The minimum absolute atomic E-state index is 0.107. The molecular formula is C41H35F4N5O4S. The third-order valence-electron chi connectivity index (χ3n) is 10.4. The van der Waals surface area contributed by atoms with E-state index < -0.39 is 29.2 Å². The number of rotatable bonds is 6. The van der Waals surface area contributed by atoms with E-state index in [0.29, 0.717) is 51.2 Å². The Hall–Kier alpha value is -5.60. The number of benzene rings is 3. The number of hydrogen-bond donors (Lipinski definition) is 2. The number of alkyl halides is 3. The second-order valence-corrected chi connectivity index (χ2v) is 15.2. The van der Waals surface area contributed by atoms with Gasteiger partial charge in [-0.1, -0.05) is 24.3 Å². The highest BCUT2D eigenvalue weighted by Crippen LogP contribution is 2.44. The Morgan fingerprint density at radius 3 is 2.40 bits per heavy atom. The van der Waals surface area contributed by atoms with E-state index in [-0.39, 0.29) is 28.7 Å². The average Bonchev–Trinajstić information content (AvgIpc) is 3.53. The molecule has 55 heavy (non-hydrogen) atoms. The van der Waals surface area contributed by atoms with Gasteiger partial charge < -0.3 is 25.2 Å². The first kappa shape index (κ1) is 36.4. The van der Waals surface area contributed by atoms with Crippen molar-refractivity contribution in [2.75, 3.05) is 53.3 Å². The highest BCUT2D eigenvalue weighted by atomic mass is 32.1. The zero-order valence-electron chi connectivity index (χ0n) is 29.6. The van der Waals surface area contributed by atoms with Gasteiger partial charge in [0.1, 0.15) is 11.6 Å². The second-order valence-electron chi connectivity index (χ2n) is 14.2. The molecule has 8 rings (SSSR count). The summed E-state index contributed by atoms with van der Waals surface area (Å²) in [5, 5.41) is 5.09. The van der Waals surface area contributed by atoms with E-state index in [2.05, 4.69) is 20.5 Å². The average molecular weight is 770 g/mol. The van der Waals surface area contributed by atoms with Crippen LogP contribution in [0.3, 0.4) is 0 Å². The first-order valence-electron chi connectivity index (χ1n) is 17.8. The number of nitrogens with one attached hydrogen (secondary N) is 2. The molecule has 3 aliphatic heterocycles. The highest BCUT2D eigenvalue weighted by Gasteiger charge is 2.45. The number of carbonyl (C=O) groups is 3. The number of halogens is 4. The van der Waals surface area contributed by atoms with Crippen molar-refractivity contribution >= 4 is 51.9 Å². The number of carbonyl (C=O) groups excluding carboxylic acids is 3. The van der Waals surface area contributed by atoms with E-state index in [0.717, 1.165) is 73.7 Å². The van der Waals surface area contributed by atoms with Gasteiger partial charge in [-0.05, 0) is 91.9 Å². The van der Waals surface area contributed by atoms with E-state index in [1.165, 1.54) is 0 Å². The summed E-state index contributed by atoms with van der Waals surface area (Å²) in [6, 6.07) is 19.8. The van der Waals surface area contributed by atoms with Crippen LogP contribution in [0.1, 0.15) is 59.9 Å². The minimum atomic E-state index is -4.87. The number of nitrogens with zero attached hydrogens (tertiary/aromatic N) is 3. The second kappa shape index (κ2) is 14.2. The molecule has 5 aromatic rings. The van der Waals surface area contributed by atoms with Crippen LogP contribution in [0, 0.1) is 18.2 Å². The van der Waals surface area contributed by atoms with Gasteiger partial charge in [0.05, 0.1) is 27.4 Å². The van der Waals surface area contributed by atoms with E-state index in [9.17, 15) is 31.9 Å². The molecule has 2 fully saturated rings. The lowest BCUT2D eigenvalue weighted by Crippen LogP contribution is -2.59. The zero-order chi connectivity index (χ0) is 38.5. The molecule has 2 saturated heterocycles. The van der Waals surface area contributed by atoms with Crippen molar-refractivity contribution in [3.63, 3.8) is 0 Å². The van der Waals surface area contributed by atoms with Crippen LogP contribution < -0.4 is 20.4 Å². The van der Waals surface area contributed by atoms with Gasteiger partial charge in [0, 0.05) is 66.2 Å². The van der Waals surface area contributed by atoms with Crippen LogP contribution in [0.15, 0.2) is 85.1 Å². The maximum atomic E-state index is 14.5. The fourth-order valence-corrected chi connectivity index (χ4v) is 8.69. The molecule has 282 valence electrons. The molecule has 0 bridgehead atoms. The molecule has 14 heteroatoms. The molecule has 3 aliphatic rings. The summed E-state index contributed by atoms with van der Waals surface area (Å²) in [5.41, 5.74) is 2.24. The number of para-hydroxylation sites is 2. The number of pyridine rings is 1. The molecule has 0 unspecified atom stereocenters. The van der Waals surface area contributed by atoms with Crippen molar-refractivity contribution < 1.29 is 36.7 Å². The molecule has 9 nitrogen and oxygen atoms in total. The Kier molecular flexibility index (Phi) is 9.42. The number of fused-ring (bicyclic) bond motifs is 3. The van der Waals surface area contributed by atoms with Crippen LogP contribution in [0.25, 0.3) is 10.4 Å². The predicted octanol–water partition coefficient (Wildman–Crippen LogP) is 8.60. The topological polar surface area (TPSA) is 104 Å². The maximum Gasteiger partial charge on any atom is 0.418 e. The molecule has 0 radical (unpaired) electrons. The molecular weight excluding hydrogens is 735 g/mol. The molecule has 0 atom stereocenters. The summed E-state index contributed by atoms with van der Waals surface area (Å²) in [7, 11) is 0. The molecule has 1 spiro atoms. The number of aromatic nitrogens is 1. The summed E-state index contributed by atoms with van der Waals surface area (Å²) in [5.74, 6) is -1.99. The molecule has 2 N–H and O–H groups in total. The van der Waals surface area contributed by atoms with Crippen LogP contribution in [-0.2, 0) is 17.3 Å². The smallest absolute Gasteiger partial charge is 0.381 e. The monoisotopic (exact) mass is 769 g/mol. The highest BCUT2D eigenvalue weighted by molar-refractivity contribution is 7.17. The van der Waals surface area contributed by atoms with Crippen LogP contribution in [-0.4, -0.2) is 55.6 Å². The fourth-order valence-electron chi connectivity index (χ4n) is 7.55. The van der Waals surface area contributed by atoms with Crippen LogP contribution >= 0.6 is 11.3 Å². The van der Waals surface area contributed by atoms with Crippen molar-refractivity contribution in [2.45, 2.75) is 32.4 Å². The van der Waals surface area contributed by atoms with Gasteiger partial charge >= 0.3 is 6.18 Å². The molecule has 5 heterocycles. The lowest BCUT2D eigenvalue weighted by molar-refractivity contribution is -0.137. The third-order valence-corrected chi connectivity index (χ3v) is 11.6. The summed E-state index contributed by atoms with van der Waals surface area (Å²) in [4.78, 5) is 50.0.